The van der Waals surface area contributed by atoms with Gasteiger partial charge in [-0.05, 0) is 29.4 Å². The van der Waals surface area contributed by atoms with Gasteiger partial charge in [0.1, 0.15) is 5.75 Å². The van der Waals surface area contributed by atoms with Crippen LogP contribution in [0.1, 0.15) is 69.4 Å². The van der Waals surface area contributed by atoms with Crippen molar-refractivity contribution in [3.63, 3.8) is 0 Å². The first-order chi connectivity index (χ1) is 8.50. The van der Waals surface area contributed by atoms with Gasteiger partial charge in [-0.2, -0.15) is 0 Å². The Kier molecular flexibility index (Phi) is 3.99. The number of primary amides is 1. The topological polar surface area (TPSA) is 63.3 Å². The van der Waals surface area contributed by atoms with Crippen molar-refractivity contribution >= 4 is 5.91 Å². The number of carbonyl (C=O) groups is 1. The highest BCUT2D eigenvalue weighted by Gasteiger charge is 2.28. The quantitative estimate of drug-likeness (QED) is 0.877. The standard InChI is InChI=1S/C16H25NO2/c1-7-16(5,6)12-9-10(14(17)19)8-11(13(12)18)15(2,3)4/h8-9,18H,7H2,1-6H3,(H2,17,19). The van der Waals surface area contributed by atoms with Crippen LogP contribution in [0.5, 0.6) is 5.75 Å². The molecule has 1 aromatic rings. The van der Waals surface area contributed by atoms with Gasteiger partial charge in [0.15, 0.2) is 0 Å². The maximum Gasteiger partial charge on any atom is 0.248 e. The maximum absolute atomic E-state index is 11.5. The summed E-state index contributed by atoms with van der Waals surface area (Å²) in [7, 11) is 0. The summed E-state index contributed by atoms with van der Waals surface area (Å²) in [6, 6.07) is 3.42. The van der Waals surface area contributed by atoms with Gasteiger partial charge in [0.25, 0.3) is 0 Å². The SMILES string of the molecule is CCC(C)(C)c1cc(C(N)=O)cc(C(C)(C)C)c1O. The molecule has 0 aliphatic heterocycles. The van der Waals surface area contributed by atoms with Gasteiger partial charge in [0.2, 0.25) is 5.91 Å². The van der Waals surface area contributed by atoms with Crippen molar-refractivity contribution in [3.05, 3.63) is 28.8 Å². The summed E-state index contributed by atoms with van der Waals surface area (Å²) in [4.78, 5) is 11.5. The van der Waals surface area contributed by atoms with E-state index in [2.05, 4.69) is 20.8 Å². The lowest BCUT2D eigenvalue weighted by Crippen LogP contribution is -2.22. The lowest BCUT2D eigenvalue weighted by molar-refractivity contribution is 0.1000. The summed E-state index contributed by atoms with van der Waals surface area (Å²) in [6.07, 6.45) is 0.867. The lowest BCUT2D eigenvalue weighted by atomic mass is 9.76. The number of amides is 1. The molecule has 0 unspecified atom stereocenters. The van der Waals surface area contributed by atoms with Gasteiger partial charge in [0.05, 0.1) is 0 Å². The molecule has 0 spiro atoms. The van der Waals surface area contributed by atoms with E-state index in [-0.39, 0.29) is 16.6 Å². The van der Waals surface area contributed by atoms with E-state index in [1.54, 1.807) is 12.1 Å². The second-order valence-corrected chi connectivity index (χ2v) is 6.77. The number of benzene rings is 1. The van der Waals surface area contributed by atoms with Crippen LogP contribution in [-0.4, -0.2) is 11.0 Å². The normalized spacial score (nSPS) is 12.5. The minimum Gasteiger partial charge on any atom is -0.507 e. The largest absolute Gasteiger partial charge is 0.507 e. The summed E-state index contributed by atoms with van der Waals surface area (Å²) in [5.41, 5.74) is 6.98. The van der Waals surface area contributed by atoms with Gasteiger partial charge >= 0.3 is 0 Å². The Bertz CT molecular complexity index is 496. The van der Waals surface area contributed by atoms with Gasteiger partial charge in [-0.3, -0.25) is 4.79 Å². The zero-order chi connectivity index (χ0) is 15.0. The number of rotatable bonds is 3. The predicted molar refractivity (Wildman–Crippen MR) is 78.6 cm³/mol. The van der Waals surface area contributed by atoms with E-state index in [9.17, 15) is 9.90 Å². The molecule has 0 atom stereocenters. The fraction of sp³-hybridized carbons (Fsp3) is 0.562. The minimum absolute atomic E-state index is 0.199. The Morgan fingerprint density at radius 3 is 2.00 bits per heavy atom. The van der Waals surface area contributed by atoms with Gasteiger partial charge in [-0.25, -0.2) is 0 Å². The second kappa shape index (κ2) is 4.87. The van der Waals surface area contributed by atoms with Crippen LogP contribution in [-0.2, 0) is 10.8 Å². The number of nitrogens with two attached hydrogens (primary N) is 1. The minimum atomic E-state index is -0.460. The van der Waals surface area contributed by atoms with Gasteiger partial charge in [-0.15, -0.1) is 0 Å². The Morgan fingerprint density at radius 2 is 1.63 bits per heavy atom. The van der Waals surface area contributed by atoms with Crippen LogP contribution in [0.25, 0.3) is 0 Å². The predicted octanol–water partition coefficient (Wildman–Crippen LogP) is 3.48. The van der Waals surface area contributed by atoms with Crippen molar-refractivity contribution in [2.45, 2.75) is 58.8 Å². The van der Waals surface area contributed by atoms with Crippen molar-refractivity contribution in [1.82, 2.24) is 0 Å². The fourth-order valence-electron chi connectivity index (χ4n) is 2.05. The summed E-state index contributed by atoms with van der Waals surface area (Å²) in [5.74, 6) is -0.178. The molecule has 0 aliphatic carbocycles. The highest BCUT2D eigenvalue weighted by atomic mass is 16.3. The lowest BCUT2D eigenvalue weighted by Gasteiger charge is -2.29. The van der Waals surface area contributed by atoms with E-state index in [4.69, 9.17) is 5.73 Å². The molecule has 0 fully saturated rings. The average molecular weight is 263 g/mol. The molecule has 0 heterocycles. The number of hydrogen-bond acceptors (Lipinski definition) is 2. The summed E-state index contributed by atoms with van der Waals surface area (Å²) < 4.78 is 0. The molecular weight excluding hydrogens is 238 g/mol. The first kappa shape index (κ1) is 15.5. The Balaban J connectivity index is 3.65. The maximum atomic E-state index is 11.5. The van der Waals surface area contributed by atoms with Crippen molar-refractivity contribution < 1.29 is 9.90 Å². The molecule has 106 valence electrons. The third-order valence-corrected chi connectivity index (χ3v) is 3.82. The van der Waals surface area contributed by atoms with Crippen LogP contribution in [0.3, 0.4) is 0 Å². The molecule has 0 bridgehead atoms. The average Bonchev–Trinajstić information content (AvgIpc) is 2.27. The van der Waals surface area contributed by atoms with E-state index in [1.807, 2.05) is 20.8 Å². The number of aromatic hydroxyl groups is 1. The van der Waals surface area contributed by atoms with Gasteiger partial charge in [-0.1, -0.05) is 41.5 Å². The number of carbonyl (C=O) groups excluding carboxylic acids is 1. The fourth-order valence-corrected chi connectivity index (χ4v) is 2.05. The molecule has 0 saturated heterocycles. The van der Waals surface area contributed by atoms with Crippen molar-refractivity contribution in [3.8, 4) is 5.75 Å². The molecule has 0 saturated carbocycles. The monoisotopic (exact) mass is 263 g/mol. The zero-order valence-electron chi connectivity index (χ0n) is 12.8. The van der Waals surface area contributed by atoms with Crippen molar-refractivity contribution in [2.24, 2.45) is 5.73 Å². The molecule has 3 N–H and O–H groups in total. The second-order valence-electron chi connectivity index (χ2n) is 6.77. The molecule has 1 rings (SSSR count). The first-order valence-electron chi connectivity index (χ1n) is 6.68. The summed E-state index contributed by atoms with van der Waals surface area (Å²) >= 11 is 0. The summed E-state index contributed by atoms with van der Waals surface area (Å²) in [5, 5.41) is 10.5. The van der Waals surface area contributed by atoms with Gasteiger partial charge in [0, 0.05) is 16.7 Å². The molecule has 1 amide bonds. The zero-order valence-corrected chi connectivity index (χ0v) is 12.8. The smallest absolute Gasteiger partial charge is 0.248 e. The van der Waals surface area contributed by atoms with Crippen LogP contribution in [0.2, 0.25) is 0 Å². The van der Waals surface area contributed by atoms with Crippen LogP contribution in [0.4, 0.5) is 0 Å². The molecule has 0 aromatic heterocycles. The Morgan fingerprint density at radius 1 is 1.16 bits per heavy atom. The Labute approximate surface area is 115 Å². The van der Waals surface area contributed by atoms with E-state index in [0.717, 1.165) is 17.5 Å². The highest BCUT2D eigenvalue weighted by Crippen LogP contribution is 2.41. The van der Waals surface area contributed by atoms with Crippen molar-refractivity contribution in [2.75, 3.05) is 0 Å². The van der Waals surface area contributed by atoms with E-state index < -0.39 is 5.91 Å². The number of phenols is 1. The molecule has 1 aromatic carbocycles. The molecule has 0 aliphatic rings. The molecule has 3 heteroatoms. The third kappa shape index (κ3) is 3.09. The number of hydrogen-bond donors (Lipinski definition) is 2. The van der Waals surface area contributed by atoms with E-state index >= 15 is 0 Å². The number of phenolic OH excluding ortho intramolecular Hbond substituents is 1. The van der Waals surface area contributed by atoms with E-state index in [1.165, 1.54) is 0 Å². The molecule has 3 nitrogen and oxygen atoms in total. The molecular formula is C16H25NO2. The summed E-state index contributed by atoms with van der Waals surface area (Å²) in [6.45, 7) is 12.2. The van der Waals surface area contributed by atoms with Crippen molar-refractivity contribution in [1.29, 1.82) is 0 Å². The van der Waals surface area contributed by atoms with Crippen LogP contribution < -0.4 is 5.73 Å². The van der Waals surface area contributed by atoms with Crippen LogP contribution >= 0.6 is 0 Å². The molecule has 19 heavy (non-hydrogen) atoms. The van der Waals surface area contributed by atoms with Crippen LogP contribution in [0.15, 0.2) is 12.1 Å². The van der Waals surface area contributed by atoms with Gasteiger partial charge < -0.3 is 10.8 Å². The third-order valence-electron chi connectivity index (χ3n) is 3.82. The van der Waals surface area contributed by atoms with Crippen LogP contribution in [0, 0.1) is 0 Å². The first-order valence-corrected chi connectivity index (χ1v) is 6.68. The molecule has 0 radical (unpaired) electrons. The Hall–Kier alpha value is -1.51. The van der Waals surface area contributed by atoms with E-state index in [0.29, 0.717) is 5.56 Å². The highest BCUT2D eigenvalue weighted by molar-refractivity contribution is 5.93.